The van der Waals surface area contributed by atoms with Gasteiger partial charge in [-0.25, -0.2) is 17.9 Å². The second-order valence-electron chi connectivity index (χ2n) is 9.71. The molecule has 1 fully saturated rings. The normalized spacial score (nSPS) is 19.1. The van der Waals surface area contributed by atoms with E-state index in [0.717, 1.165) is 50.8 Å². The van der Waals surface area contributed by atoms with E-state index in [0.29, 0.717) is 13.1 Å². The molecular weight excluding hydrogens is 413 g/mol. The van der Waals surface area contributed by atoms with Crippen LogP contribution in [0.4, 0.5) is 10.5 Å². The molecule has 29 heavy (non-hydrogen) atoms. The van der Waals surface area contributed by atoms with Crippen molar-refractivity contribution in [3.8, 4) is 0 Å². The molecule has 2 amide bonds. The summed E-state index contributed by atoms with van der Waals surface area (Å²) in [6.45, 7) is 8.23. The number of urea groups is 1. The molecule has 1 aromatic rings. The van der Waals surface area contributed by atoms with Gasteiger partial charge in [0.15, 0.2) is 0 Å². The van der Waals surface area contributed by atoms with Gasteiger partial charge in [-0.15, -0.1) is 0 Å². The molecule has 0 aromatic heterocycles. The quantitative estimate of drug-likeness (QED) is 0.700. The van der Waals surface area contributed by atoms with Crippen molar-refractivity contribution < 1.29 is 13.2 Å². The van der Waals surface area contributed by atoms with Gasteiger partial charge in [-0.3, -0.25) is 4.90 Å². The SMILES string of the molecule is CC(C)(C)CN1CC(S(=O)(=O)NC(=O)Nc2c3c(cc4c2CCC4)CCC3)C1.[K]. The molecule has 1 saturated heterocycles. The number of likely N-dealkylation sites (tertiary alicyclic amines) is 1. The van der Waals surface area contributed by atoms with Crippen LogP contribution in [-0.2, 0) is 35.7 Å². The Morgan fingerprint density at radius 1 is 1.07 bits per heavy atom. The summed E-state index contributed by atoms with van der Waals surface area (Å²) >= 11 is 0. The third-order valence-corrected chi connectivity index (χ3v) is 7.65. The van der Waals surface area contributed by atoms with E-state index in [1.807, 2.05) is 0 Å². The molecule has 0 spiro atoms. The minimum absolute atomic E-state index is 0. The summed E-state index contributed by atoms with van der Waals surface area (Å²) in [4.78, 5) is 14.7. The van der Waals surface area contributed by atoms with Crippen LogP contribution in [-0.4, -0.2) is 95.6 Å². The first-order valence-corrected chi connectivity index (χ1v) is 11.9. The smallest absolute Gasteiger partial charge is 0.307 e. The minimum Gasteiger partial charge on any atom is -0.307 e. The zero-order chi connectivity index (χ0) is 20.1. The van der Waals surface area contributed by atoms with Crippen LogP contribution in [0.5, 0.6) is 0 Å². The van der Waals surface area contributed by atoms with Gasteiger partial charge >= 0.3 is 6.03 Å². The number of aryl methyl sites for hydroxylation is 2. The Morgan fingerprint density at radius 2 is 1.62 bits per heavy atom. The van der Waals surface area contributed by atoms with E-state index in [1.54, 1.807) is 0 Å². The van der Waals surface area contributed by atoms with E-state index in [-0.39, 0.29) is 56.8 Å². The molecule has 8 heteroatoms. The first-order valence-electron chi connectivity index (χ1n) is 10.3. The van der Waals surface area contributed by atoms with E-state index < -0.39 is 21.3 Å². The molecule has 0 saturated carbocycles. The maximum atomic E-state index is 12.6. The Labute approximate surface area is 217 Å². The zero-order valence-corrected chi connectivity index (χ0v) is 22.0. The zero-order valence-electron chi connectivity index (χ0n) is 18.1. The van der Waals surface area contributed by atoms with Crippen LogP contribution < -0.4 is 10.0 Å². The monoisotopic (exact) mass is 444 g/mol. The van der Waals surface area contributed by atoms with Crippen molar-refractivity contribution >= 4 is 73.1 Å². The number of amides is 2. The molecule has 0 bridgehead atoms. The number of benzene rings is 1. The second kappa shape index (κ2) is 8.88. The topological polar surface area (TPSA) is 78.5 Å². The summed E-state index contributed by atoms with van der Waals surface area (Å²) in [5, 5.41) is 2.39. The van der Waals surface area contributed by atoms with E-state index in [9.17, 15) is 13.2 Å². The van der Waals surface area contributed by atoms with E-state index in [4.69, 9.17) is 0 Å². The molecule has 1 aromatic carbocycles. The summed E-state index contributed by atoms with van der Waals surface area (Å²) in [5.74, 6) is 0. The maximum Gasteiger partial charge on any atom is 0.332 e. The van der Waals surface area contributed by atoms with Crippen LogP contribution in [0.25, 0.3) is 0 Å². The van der Waals surface area contributed by atoms with Gasteiger partial charge in [0.2, 0.25) is 10.0 Å². The fourth-order valence-corrected chi connectivity index (χ4v) is 6.13. The standard InChI is InChI=1S/C21H31N3O3S.K/c1-21(2,3)13-24-11-16(12-24)28(26,27)23-20(25)22-19-17-8-4-6-14(17)10-15-7-5-9-18(15)19;/h10,16H,4-9,11-13H2,1-3H3,(H2,22,23,25);. The van der Waals surface area contributed by atoms with Crippen LogP contribution in [0.1, 0.15) is 55.9 Å². The van der Waals surface area contributed by atoms with Gasteiger partial charge < -0.3 is 5.32 Å². The Balaban J connectivity index is 0.00000240. The number of carbonyl (C=O) groups excluding carboxylic acids is 1. The minimum atomic E-state index is -3.66. The molecule has 1 radical (unpaired) electrons. The number of carbonyl (C=O) groups is 1. The first kappa shape index (κ1) is 23.7. The third-order valence-electron chi connectivity index (χ3n) is 6.01. The molecule has 1 aliphatic heterocycles. The fourth-order valence-electron chi connectivity index (χ4n) is 4.84. The molecule has 6 nitrogen and oxygen atoms in total. The molecule has 2 N–H and O–H groups in total. The van der Waals surface area contributed by atoms with Crippen LogP contribution in [0.3, 0.4) is 0 Å². The van der Waals surface area contributed by atoms with Crippen molar-refractivity contribution in [2.45, 2.75) is 64.5 Å². The van der Waals surface area contributed by atoms with Gasteiger partial charge in [-0.1, -0.05) is 26.8 Å². The number of hydrogen-bond donors (Lipinski definition) is 2. The Morgan fingerprint density at radius 3 is 2.14 bits per heavy atom. The number of nitrogens with zero attached hydrogens (tertiary/aromatic N) is 1. The predicted octanol–water partition coefficient (Wildman–Crippen LogP) is 2.46. The molecular formula is C21H31KN3O3S. The van der Waals surface area contributed by atoms with Crippen LogP contribution in [0.15, 0.2) is 6.07 Å². The molecule has 1 heterocycles. The summed E-state index contributed by atoms with van der Waals surface area (Å²) in [6.07, 6.45) is 6.19. The number of rotatable bonds is 4. The van der Waals surface area contributed by atoms with Crippen molar-refractivity contribution in [2.24, 2.45) is 5.41 Å². The van der Waals surface area contributed by atoms with E-state index >= 15 is 0 Å². The summed E-state index contributed by atoms with van der Waals surface area (Å²) in [7, 11) is -3.66. The molecule has 0 atom stereocenters. The van der Waals surface area contributed by atoms with E-state index in [2.05, 4.69) is 41.8 Å². The molecule has 0 unspecified atom stereocenters. The Hall–Kier alpha value is 0.0364. The number of sulfonamides is 1. The van der Waals surface area contributed by atoms with Gasteiger partial charge in [0.05, 0.1) is 0 Å². The molecule has 155 valence electrons. The maximum absolute atomic E-state index is 12.6. The first-order chi connectivity index (χ1) is 13.1. The summed E-state index contributed by atoms with van der Waals surface area (Å²) < 4.78 is 27.5. The van der Waals surface area contributed by atoms with Gasteiger partial charge in [-0.2, -0.15) is 0 Å². The summed E-state index contributed by atoms with van der Waals surface area (Å²) in [6, 6.07) is 1.67. The van der Waals surface area contributed by atoms with Crippen molar-refractivity contribution in [3.05, 3.63) is 28.3 Å². The number of nitrogens with one attached hydrogen (secondary N) is 2. The van der Waals surface area contributed by atoms with Gasteiger partial charge in [0, 0.05) is 76.7 Å². The van der Waals surface area contributed by atoms with Gasteiger partial charge in [0.1, 0.15) is 5.25 Å². The van der Waals surface area contributed by atoms with Crippen LogP contribution in [0, 0.1) is 5.41 Å². The van der Waals surface area contributed by atoms with Crippen LogP contribution >= 0.6 is 0 Å². The van der Waals surface area contributed by atoms with Crippen molar-refractivity contribution in [1.29, 1.82) is 0 Å². The third kappa shape index (κ3) is 5.27. The average molecular weight is 445 g/mol. The number of fused-ring (bicyclic) bond motifs is 2. The second-order valence-corrected chi connectivity index (χ2v) is 11.7. The molecule has 3 aliphatic rings. The average Bonchev–Trinajstić information content (AvgIpc) is 3.17. The fraction of sp³-hybridized carbons (Fsp3) is 0.667. The molecule has 2 aliphatic carbocycles. The van der Waals surface area contributed by atoms with Gasteiger partial charge in [0.25, 0.3) is 0 Å². The van der Waals surface area contributed by atoms with Gasteiger partial charge in [-0.05, 0) is 66.2 Å². The predicted molar refractivity (Wildman–Crippen MR) is 117 cm³/mol. The van der Waals surface area contributed by atoms with Crippen molar-refractivity contribution in [3.63, 3.8) is 0 Å². The molecule has 4 rings (SSSR count). The van der Waals surface area contributed by atoms with E-state index in [1.165, 1.54) is 22.3 Å². The summed E-state index contributed by atoms with van der Waals surface area (Å²) in [5.41, 5.74) is 6.04. The Kier molecular flexibility index (Phi) is 7.26. The van der Waals surface area contributed by atoms with Crippen molar-refractivity contribution in [1.82, 2.24) is 9.62 Å². The van der Waals surface area contributed by atoms with Crippen LogP contribution in [0.2, 0.25) is 0 Å². The Bertz CT molecular complexity index is 870. The van der Waals surface area contributed by atoms with Crippen molar-refractivity contribution in [2.75, 3.05) is 25.0 Å². The number of anilines is 1. The largest absolute Gasteiger partial charge is 0.332 e. The number of hydrogen-bond acceptors (Lipinski definition) is 4.